The lowest BCUT2D eigenvalue weighted by molar-refractivity contribution is -0.148. The number of alkyl halides is 3. The van der Waals surface area contributed by atoms with Gasteiger partial charge in [-0.25, -0.2) is 18.4 Å². The molecule has 15 heteroatoms. The summed E-state index contributed by atoms with van der Waals surface area (Å²) in [6, 6.07) is 21.9. The Balaban J connectivity index is 1.47. The third-order valence-electron chi connectivity index (χ3n) is 9.93. The van der Waals surface area contributed by atoms with Crippen molar-refractivity contribution in [2.45, 2.75) is 45.5 Å². The summed E-state index contributed by atoms with van der Waals surface area (Å²) in [5.41, 5.74) is -0.977. The van der Waals surface area contributed by atoms with E-state index in [-0.39, 0.29) is 73.2 Å². The number of halogens is 5. The zero-order chi connectivity index (χ0) is 42.3. The number of anilines is 2. The number of benzene rings is 4. The molecule has 310 valence electrons. The summed E-state index contributed by atoms with van der Waals surface area (Å²) in [6.45, 7) is 3.38. The first-order chi connectivity index (χ1) is 28.3. The highest BCUT2D eigenvalue weighted by Gasteiger charge is 2.41. The van der Waals surface area contributed by atoms with Crippen LogP contribution in [0, 0.1) is 18.6 Å². The van der Waals surface area contributed by atoms with E-state index in [0.717, 1.165) is 18.2 Å². The molecule has 0 spiro atoms. The topological polar surface area (TPSA) is 108 Å². The van der Waals surface area contributed by atoms with Gasteiger partial charge in [0.1, 0.15) is 24.8 Å². The fraction of sp³-hybridized carbons (Fsp3) is 0.295. The summed E-state index contributed by atoms with van der Waals surface area (Å²) >= 11 is 0. The standard InChI is InChI=1S/C44H42F5N3O7/c1-4-58-38(53)26-57-20-19-50-30-14-8-13-29(21-30)22-31-24-51(43(55)59-25-28-11-6-5-7-12-28)41-33(23-34-35(44(47,48)49)16-10-17-36(34)45)27(2)39(42(54)52(31)41)32-15-9-18-37(56-3)40(32)46/h5-18,21,31,50H,4,19-20,22-26H2,1-3H3/t31-/m1/s1. The third-order valence-corrected chi connectivity index (χ3v) is 9.93. The van der Waals surface area contributed by atoms with Crippen LogP contribution < -0.4 is 20.5 Å². The molecular formula is C44H42F5N3O7. The largest absolute Gasteiger partial charge is 0.494 e. The van der Waals surface area contributed by atoms with Gasteiger partial charge in [0.25, 0.3) is 5.56 Å². The van der Waals surface area contributed by atoms with E-state index in [1.165, 1.54) is 41.7 Å². The number of carbonyl (C=O) groups excluding carboxylic acids is 2. The van der Waals surface area contributed by atoms with Gasteiger partial charge in [-0.05, 0) is 67.3 Å². The number of esters is 1. The van der Waals surface area contributed by atoms with E-state index in [2.05, 4.69) is 5.32 Å². The Kier molecular flexibility index (Phi) is 13.3. The lowest BCUT2D eigenvalue weighted by Crippen LogP contribution is -2.32. The molecule has 0 unspecified atom stereocenters. The van der Waals surface area contributed by atoms with Gasteiger partial charge >= 0.3 is 18.2 Å². The predicted molar refractivity (Wildman–Crippen MR) is 211 cm³/mol. The van der Waals surface area contributed by atoms with Gasteiger partial charge in [0.05, 0.1) is 44.0 Å². The van der Waals surface area contributed by atoms with Crippen LogP contribution in [0.4, 0.5) is 38.3 Å². The zero-order valence-electron chi connectivity index (χ0n) is 32.5. The van der Waals surface area contributed by atoms with E-state index in [1.807, 2.05) is 6.07 Å². The summed E-state index contributed by atoms with van der Waals surface area (Å²) in [5.74, 6) is -2.79. The third kappa shape index (κ3) is 9.57. The van der Waals surface area contributed by atoms with Crippen LogP contribution in [0.25, 0.3) is 11.1 Å². The minimum Gasteiger partial charge on any atom is -0.494 e. The minimum absolute atomic E-state index is 0.00480. The minimum atomic E-state index is -4.95. The molecule has 1 aromatic heterocycles. The molecule has 1 aliphatic heterocycles. The molecule has 1 atom stereocenters. The first-order valence-corrected chi connectivity index (χ1v) is 18.8. The van der Waals surface area contributed by atoms with Crippen molar-refractivity contribution in [1.29, 1.82) is 0 Å². The molecule has 1 N–H and O–H groups in total. The van der Waals surface area contributed by atoms with Gasteiger partial charge in [-0.3, -0.25) is 14.3 Å². The van der Waals surface area contributed by atoms with Crippen LogP contribution in [-0.2, 0) is 44.6 Å². The molecule has 1 amide bonds. The van der Waals surface area contributed by atoms with Crippen LogP contribution in [0.15, 0.2) is 95.8 Å². The van der Waals surface area contributed by atoms with Gasteiger partial charge in [0.15, 0.2) is 11.6 Å². The van der Waals surface area contributed by atoms with Gasteiger partial charge in [-0.2, -0.15) is 13.2 Å². The number of amides is 1. The highest BCUT2D eigenvalue weighted by molar-refractivity contribution is 5.90. The fourth-order valence-electron chi connectivity index (χ4n) is 7.24. The number of nitrogens with one attached hydrogen (secondary N) is 1. The first kappa shape index (κ1) is 42.4. The smallest absolute Gasteiger partial charge is 0.416 e. The van der Waals surface area contributed by atoms with E-state index >= 15 is 8.78 Å². The molecule has 0 radical (unpaired) electrons. The maximum Gasteiger partial charge on any atom is 0.416 e. The number of hydrogen-bond donors (Lipinski definition) is 1. The Bertz CT molecular complexity index is 2370. The number of nitrogens with zero attached hydrogens (tertiary/aromatic N) is 2. The maximum atomic E-state index is 16.1. The predicted octanol–water partition coefficient (Wildman–Crippen LogP) is 8.65. The van der Waals surface area contributed by atoms with Crippen molar-refractivity contribution in [2.75, 3.05) is 50.2 Å². The molecule has 0 aliphatic carbocycles. The quantitative estimate of drug-likeness (QED) is 0.0636. The average molecular weight is 820 g/mol. The van der Waals surface area contributed by atoms with Gasteiger partial charge in [-0.1, -0.05) is 60.7 Å². The molecule has 4 aromatic carbocycles. The van der Waals surface area contributed by atoms with Gasteiger partial charge < -0.3 is 24.3 Å². The van der Waals surface area contributed by atoms with Crippen LogP contribution in [0.5, 0.6) is 5.75 Å². The first-order valence-electron chi connectivity index (χ1n) is 18.8. The summed E-state index contributed by atoms with van der Waals surface area (Å²) in [6.07, 6.45) is -6.44. The summed E-state index contributed by atoms with van der Waals surface area (Å²) in [5, 5.41) is 3.21. The van der Waals surface area contributed by atoms with Crippen molar-refractivity contribution in [3.8, 4) is 16.9 Å². The maximum absolute atomic E-state index is 16.1. The molecule has 5 aromatic rings. The molecule has 0 bridgehead atoms. The van der Waals surface area contributed by atoms with Crippen LogP contribution in [-0.4, -0.2) is 56.6 Å². The fourth-order valence-corrected chi connectivity index (χ4v) is 7.24. The monoisotopic (exact) mass is 819 g/mol. The molecule has 0 saturated carbocycles. The molecule has 0 fully saturated rings. The number of aromatic nitrogens is 1. The van der Waals surface area contributed by atoms with E-state index in [4.69, 9.17) is 18.9 Å². The normalized spacial score (nSPS) is 13.6. The number of rotatable bonds is 15. The second-order valence-corrected chi connectivity index (χ2v) is 13.7. The van der Waals surface area contributed by atoms with Crippen LogP contribution in [0.2, 0.25) is 0 Å². The van der Waals surface area contributed by atoms with Crippen LogP contribution in [0.3, 0.4) is 0 Å². The van der Waals surface area contributed by atoms with E-state index in [0.29, 0.717) is 23.4 Å². The van der Waals surface area contributed by atoms with Gasteiger partial charge in [0.2, 0.25) is 0 Å². The molecule has 6 rings (SSSR count). The Morgan fingerprint density at radius 2 is 1.63 bits per heavy atom. The lowest BCUT2D eigenvalue weighted by Gasteiger charge is -2.24. The highest BCUT2D eigenvalue weighted by Crippen LogP contribution is 2.42. The molecular weight excluding hydrogens is 777 g/mol. The van der Waals surface area contributed by atoms with Gasteiger partial charge in [-0.15, -0.1) is 0 Å². The summed E-state index contributed by atoms with van der Waals surface area (Å²) < 4.78 is 97.4. The van der Waals surface area contributed by atoms with Crippen LogP contribution >= 0.6 is 0 Å². The van der Waals surface area contributed by atoms with Crippen molar-refractivity contribution < 1.29 is 50.5 Å². The number of carbonyl (C=O) groups is 2. The van der Waals surface area contributed by atoms with E-state index in [9.17, 15) is 27.6 Å². The number of hydrogen-bond acceptors (Lipinski definition) is 8. The molecule has 0 saturated heterocycles. The van der Waals surface area contributed by atoms with Crippen LogP contribution in [0.1, 0.15) is 46.3 Å². The van der Waals surface area contributed by atoms with E-state index < -0.39 is 59.0 Å². The van der Waals surface area contributed by atoms with Crippen molar-refractivity contribution in [1.82, 2.24) is 4.57 Å². The Morgan fingerprint density at radius 1 is 0.898 bits per heavy atom. The summed E-state index contributed by atoms with van der Waals surface area (Å²) in [7, 11) is 1.25. The Hall–Kier alpha value is -6.22. The van der Waals surface area contributed by atoms with Crippen molar-refractivity contribution in [3.63, 3.8) is 0 Å². The second kappa shape index (κ2) is 18.6. The van der Waals surface area contributed by atoms with Gasteiger partial charge in [0, 0.05) is 35.3 Å². The highest BCUT2D eigenvalue weighted by atomic mass is 19.4. The van der Waals surface area contributed by atoms with Crippen molar-refractivity contribution in [2.24, 2.45) is 0 Å². The number of methoxy groups -OCH3 is 1. The van der Waals surface area contributed by atoms with Crippen molar-refractivity contribution in [3.05, 3.63) is 146 Å². The average Bonchev–Trinajstić information content (AvgIpc) is 3.58. The molecule has 1 aliphatic rings. The number of fused-ring (bicyclic) bond motifs is 1. The number of pyridine rings is 1. The second-order valence-electron chi connectivity index (χ2n) is 13.7. The molecule has 10 nitrogen and oxygen atoms in total. The molecule has 59 heavy (non-hydrogen) atoms. The lowest BCUT2D eigenvalue weighted by atomic mass is 9.91. The van der Waals surface area contributed by atoms with E-state index in [1.54, 1.807) is 55.5 Å². The molecule has 2 heterocycles. The summed E-state index contributed by atoms with van der Waals surface area (Å²) in [4.78, 5) is 41.8. The number of ether oxygens (including phenoxy) is 4. The van der Waals surface area contributed by atoms with Crippen molar-refractivity contribution >= 4 is 23.6 Å². The Labute approximate surface area is 337 Å². The zero-order valence-corrected chi connectivity index (χ0v) is 32.5. The Morgan fingerprint density at radius 3 is 2.36 bits per heavy atom. The SMILES string of the molecule is CCOC(=O)COCCNc1cccc(C[C@@H]2CN(C(=O)OCc3ccccc3)c3c(Cc4c(F)cccc4C(F)(F)F)c(C)c(-c4cccc(OC)c4F)c(=O)n32)c1.